The fraction of sp³-hybridized carbons (Fsp3) is 0.500. The van der Waals surface area contributed by atoms with Crippen LogP contribution in [0.5, 0.6) is 0 Å². The number of Topliss-reactive ketones (excluding diaryl/α,β-unsaturated/α-hetero) is 1. The Bertz CT molecular complexity index is 371. The summed E-state index contributed by atoms with van der Waals surface area (Å²) in [4.78, 5) is 14.0. The van der Waals surface area contributed by atoms with E-state index in [1.165, 1.54) is 24.2 Å². The molecule has 1 fully saturated rings. The normalized spacial score (nSPS) is 17.2. The Labute approximate surface area is 103 Å². The molecular formula is C10H11Cl2NOS. The van der Waals surface area contributed by atoms with Crippen LogP contribution in [0.3, 0.4) is 0 Å². The van der Waals surface area contributed by atoms with Crippen LogP contribution >= 0.6 is 34.5 Å². The summed E-state index contributed by atoms with van der Waals surface area (Å²) >= 11 is 13.0. The van der Waals surface area contributed by atoms with Crippen molar-refractivity contribution >= 4 is 40.3 Å². The Morgan fingerprint density at radius 2 is 2.07 bits per heavy atom. The number of carbonyl (C=O) groups is 1. The number of ketones is 1. The summed E-state index contributed by atoms with van der Waals surface area (Å²) in [5.74, 6) is 0.0741. The molecule has 2 rings (SSSR count). The smallest absolute Gasteiger partial charge is 0.179 e. The molecule has 0 saturated carbocycles. The van der Waals surface area contributed by atoms with Crippen LogP contribution in [0.2, 0.25) is 8.67 Å². The second-order valence-corrected chi connectivity index (χ2v) is 5.93. The second-order valence-electron chi connectivity index (χ2n) is 3.64. The first-order valence-corrected chi connectivity index (χ1v) is 6.44. The van der Waals surface area contributed by atoms with E-state index in [4.69, 9.17) is 23.2 Å². The molecule has 0 unspecified atom stereocenters. The number of likely N-dealkylation sites (tertiary alicyclic amines) is 1. The number of halogens is 2. The average molecular weight is 264 g/mol. The molecular weight excluding hydrogens is 253 g/mol. The van der Waals surface area contributed by atoms with Crippen LogP contribution in [0.15, 0.2) is 6.07 Å². The van der Waals surface area contributed by atoms with Gasteiger partial charge in [-0.05, 0) is 32.0 Å². The summed E-state index contributed by atoms with van der Waals surface area (Å²) in [5.41, 5.74) is 0.568. The molecule has 82 valence electrons. The molecule has 0 aromatic carbocycles. The van der Waals surface area contributed by atoms with Gasteiger partial charge in [0.15, 0.2) is 5.78 Å². The third-order valence-corrected chi connectivity index (χ3v) is 4.01. The number of thiophene rings is 1. The van der Waals surface area contributed by atoms with Crippen LogP contribution in [-0.2, 0) is 0 Å². The maximum absolute atomic E-state index is 11.9. The highest BCUT2D eigenvalue weighted by Crippen LogP contribution is 2.31. The first kappa shape index (κ1) is 11.4. The van der Waals surface area contributed by atoms with Gasteiger partial charge in [0.2, 0.25) is 0 Å². The molecule has 0 aliphatic carbocycles. The van der Waals surface area contributed by atoms with Crippen LogP contribution in [0.1, 0.15) is 23.2 Å². The van der Waals surface area contributed by atoms with Crippen molar-refractivity contribution in [2.75, 3.05) is 19.6 Å². The maximum atomic E-state index is 11.9. The molecule has 2 heterocycles. The van der Waals surface area contributed by atoms with Crippen LogP contribution in [0.25, 0.3) is 0 Å². The minimum absolute atomic E-state index is 0.0741. The highest BCUT2D eigenvalue weighted by Gasteiger charge is 2.19. The largest absolute Gasteiger partial charge is 0.296 e. The molecule has 0 bridgehead atoms. The van der Waals surface area contributed by atoms with E-state index in [0.717, 1.165) is 13.1 Å². The molecule has 1 saturated heterocycles. The standard InChI is InChI=1S/C10H11Cl2NOS/c11-9-5-7(10(12)15-9)8(14)6-13-3-1-2-4-13/h5H,1-4,6H2. The minimum Gasteiger partial charge on any atom is -0.296 e. The van der Waals surface area contributed by atoms with Gasteiger partial charge in [-0.1, -0.05) is 23.2 Å². The Kier molecular flexibility index (Phi) is 3.67. The van der Waals surface area contributed by atoms with Crippen LogP contribution in [0.4, 0.5) is 0 Å². The van der Waals surface area contributed by atoms with E-state index in [9.17, 15) is 4.79 Å². The third-order valence-electron chi connectivity index (χ3n) is 2.52. The zero-order valence-corrected chi connectivity index (χ0v) is 10.5. The summed E-state index contributed by atoms with van der Waals surface area (Å²) in [6.07, 6.45) is 2.37. The molecule has 0 spiro atoms. The minimum atomic E-state index is 0.0741. The van der Waals surface area contributed by atoms with Crippen molar-refractivity contribution in [1.82, 2.24) is 4.90 Å². The molecule has 0 amide bonds. The number of hydrogen-bond donors (Lipinski definition) is 0. The lowest BCUT2D eigenvalue weighted by atomic mass is 10.2. The zero-order chi connectivity index (χ0) is 10.8. The summed E-state index contributed by atoms with van der Waals surface area (Å²) < 4.78 is 1.08. The van der Waals surface area contributed by atoms with Gasteiger partial charge in [0.1, 0.15) is 4.34 Å². The van der Waals surface area contributed by atoms with E-state index in [1.54, 1.807) is 6.07 Å². The molecule has 1 aliphatic heterocycles. The highest BCUT2D eigenvalue weighted by molar-refractivity contribution is 7.20. The van der Waals surface area contributed by atoms with Crippen molar-refractivity contribution in [2.24, 2.45) is 0 Å². The van der Waals surface area contributed by atoms with Gasteiger partial charge in [0, 0.05) is 0 Å². The molecule has 15 heavy (non-hydrogen) atoms. The van der Waals surface area contributed by atoms with Gasteiger partial charge in [-0.25, -0.2) is 0 Å². The molecule has 1 aliphatic rings. The van der Waals surface area contributed by atoms with Gasteiger partial charge < -0.3 is 0 Å². The van der Waals surface area contributed by atoms with E-state index in [1.807, 2.05) is 0 Å². The SMILES string of the molecule is O=C(CN1CCCC1)c1cc(Cl)sc1Cl. The zero-order valence-electron chi connectivity index (χ0n) is 8.13. The first-order chi connectivity index (χ1) is 7.16. The van der Waals surface area contributed by atoms with E-state index in [0.29, 0.717) is 20.8 Å². The van der Waals surface area contributed by atoms with Gasteiger partial charge in [-0.3, -0.25) is 9.69 Å². The number of hydrogen-bond acceptors (Lipinski definition) is 3. The van der Waals surface area contributed by atoms with Gasteiger partial charge in [-0.2, -0.15) is 0 Å². The number of carbonyl (C=O) groups excluding carboxylic acids is 1. The van der Waals surface area contributed by atoms with E-state index < -0.39 is 0 Å². The maximum Gasteiger partial charge on any atom is 0.179 e. The summed E-state index contributed by atoms with van der Waals surface area (Å²) in [6, 6.07) is 1.66. The average Bonchev–Trinajstić information content (AvgIpc) is 2.75. The van der Waals surface area contributed by atoms with E-state index in [2.05, 4.69) is 4.90 Å². The van der Waals surface area contributed by atoms with E-state index in [-0.39, 0.29) is 5.78 Å². The molecule has 0 atom stereocenters. The Hall–Kier alpha value is -0.0900. The second kappa shape index (κ2) is 4.83. The monoisotopic (exact) mass is 263 g/mol. The van der Waals surface area contributed by atoms with Crippen LogP contribution in [0, 0.1) is 0 Å². The number of rotatable bonds is 3. The van der Waals surface area contributed by atoms with Gasteiger partial charge in [-0.15, -0.1) is 11.3 Å². The van der Waals surface area contributed by atoms with Crippen molar-refractivity contribution in [3.63, 3.8) is 0 Å². The lowest BCUT2D eigenvalue weighted by Crippen LogP contribution is -2.26. The summed E-state index contributed by atoms with van der Waals surface area (Å²) in [6.45, 7) is 2.50. The van der Waals surface area contributed by atoms with Crippen molar-refractivity contribution in [2.45, 2.75) is 12.8 Å². The predicted molar refractivity (Wildman–Crippen MR) is 64.3 cm³/mol. The summed E-state index contributed by atoms with van der Waals surface area (Å²) in [5, 5.41) is 0. The van der Waals surface area contributed by atoms with Crippen molar-refractivity contribution in [3.05, 3.63) is 20.3 Å². The quantitative estimate of drug-likeness (QED) is 0.780. The molecule has 2 nitrogen and oxygen atoms in total. The lowest BCUT2D eigenvalue weighted by molar-refractivity contribution is 0.0946. The van der Waals surface area contributed by atoms with E-state index >= 15 is 0 Å². The molecule has 0 radical (unpaired) electrons. The Morgan fingerprint density at radius 1 is 1.40 bits per heavy atom. The predicted octanol–water partition coefficient (Wildman–Crippen LogP) is 3.33. The Balaban J connectivity index is 2.03. The van der Waals surface area contributed by atoms with Gasteiger partial charge >= 0.3 is 0 Å². The fourth-order valence-electron chi connectivity index (χ4n) is 1.76. The highest BCUT2D eigenvalue weighted by atomic mass is 35.5. The molecule has 0 N–H and O–H groups in total. The molecule has 1 aromatic heterocycles. The van der Waals surface area contributed by atoms with Crippen LogP contribution in [-0.4, -0.2) is 30.3 Å². The van der Waals surface area contributed by atoms with Crippen molar-refractivity contribution in [1.29, 1.82) is 0 Å². The van der Waals surface area contributed by atoms with Gasteiger partial charge in [0.25, 0.3) is 0 Å². The molecule has 5 heteroatoms. The summed E-state index contributed by atoms with van der Waals surface area (Å²) in [7, 11) is 0. The van der Waals surface area contributed by atoms with Crippen LogP contribution < -0.4 is 0 Å². The number of nitrogens with zero attached hydrogens (tertiary/aromatic N) is 1. The van der Waals surface area contributed by atoms with Gasteiger partial charge in [0.05, 0.1) is 16.4 Å². The molecule has 1 aromatic rings. The van der Waals surface area contributed by atoms with Crippen molar-refractivity contribution in [3.8, 4) is 0 Å². The topological polar surface area (TPSA) is 20.3 Å². The Morgan fingerprint density at radius 3 is 2.60 bits per heavy atom. The third kappa shape index (κ3) is 2.72. The fourth-order valence-corrected chi connectivity index (χ4v) is 3.26. The van der Waals surface area contributed by atoms with Crippen molar-refractivity contribution < 1.29 is 4.79 Å². The first-order valence-electron chi connectivity index (χ1n) is 4.87. The lowest BCUT2D eigenvalue weighted by Gasteiger charge is -2.12.